The normalized spacial score (nSPS) is 16.2. The zero-order chi connectivity index (χ0) is 17.8. The molecule has 3 aromatic rings. The van der Waals surface area contributed by atoms with Crippen LogP contribution < -0.4 is 5.56 Å². The predicted molar refractivity (Wildman–Crippen MR) is 101 cm³/mol. The minimum absolute atomic E-state index is 0.0143. The standard InChI is InChI=1S/C20H23N5O/c26-20-15-18(22-19-6-2-4-9-25(19)20)16-24-13-11-23(12-14-24)10-7-17-5-1-3-8-21-17/h1-6,8-9,15H,7,10-14,16H2. The van der Waals surface area contributed by atoms with Gasteiger partial charge in [0.1, 0.15) is 5.65 Å². The van der Waals surface area contributed by atoms with Crippen molar-refractivity contribution in [3.05, 3.63) is 76.6 Å². The Morgan fingerprint density at radius 2 is 1.73 bits per heavy atom. The van der Waals surface area contributed by atoms with E-state index in [1.165, 1.54) is 0 Å². The molecule has 0 unspecified atom stereocenters. The molecule has 0 aliphatic carbocycles. The molecule has 6 heteroatoms. The Kier molecular flexibility index (Phi) is 5.04. The summed E-state index contributed by atoms with van der Waals surface area (Å²) in [5, 5.41) is 0. The lowest BCUT2D eigenvalue weighted by atomic mass is 10.2. The molecule has 0 bridgehead atoms. The maximum atomic E-state index is 12.2. The molecule has 1 saturated heterocycles. The summed E-state index contributed by atoms with van der Waals surface area (Å²) in [6.07, 6.45) is 4.60. The molecule has 26 heavy (non-hydrogen) atoms. The average molecular weight is 349 g/mol. The summed E-state index contributed by atoms with van der Waals surface area (Å²) in [5.74, 6) is 0. The molecule has 0 saturated carbocycles. The van der Waals surface area contributed by atoms with Crippen LogP contribution in [-0.2, 0) is 13.0 Å². The highest BCUT2D eigenvalue weighted by atomic mass is 16.1. The highest BCUT2D eigenvalue weighted by molar-refractivity contribution is 5.37. The summed E-state index contributed by atoms with van der Waals surface area (Å²) in [6, 6.07) is 13.4. The molecule has 1 aliphatic heterocycles. The zero-order valence-corrected chi connectivity index (χ0v) is 14.8. The van der Waals surface area contributed by atoms with Crippen LogP contribution in [0.15, 0.2) is 59.7 Å². The molecule has 0 amide bonds. The van der Waals surface area contributed by atoms with Gasteiger partial charge in [-0.1, -0.05) is 12.1 Å². The van der Waals surface area contributed by atoms with E-state index in [2.05, 4.69) is 25.8 Å². The van der Waals surface area contributed by atoms with Crippen LogP contribution >= 0.6 is 0 Å². The van der Waals surface area contributed by atoms with Crippen molar-refractivity contribution in [3.63, 3.8) is 0 Å². The molecule has 134 valence electrons. The molecule has 0 spiro atoms. The van der Waals surface area contributed by atoms with Crippen molar-refractivity contribution >= 4 is 5.65 Å². The Hall–Kier alpha value is -2.57. The van der Waals surface area contributed by atoms with Crippen molar-refractivity contribution in [2.45, 2.75) is 13.0 Å². The summed E-state index contributed by atoms with van der Waals surface area (Å²) in [5.41, 5.74) is 2.70. The van der Waals surface area contributed by atoms with Gasteiger partial charge >= 0.3 is 0 Å². The van der Waals surface area contributed by atoms with Crippen LogP contribution in [-0.4, -0.2) is 56.9 Å². The van der Waals surface area contributed by atoms with Crippen LogP contribution in [0.2, 0.25) is 0 Å². The Labute approximate surface area is 152 Å². The summed E-state index contributed by atoms with van der Waals surface area (Å²) < 4.78 is 1.58. The lowest BCUT2D eigenvalue weighted by molar-refractivity contribution is 0.127. The van der Waals surface area contributed by atoms with Crippen LogP contribution in [0.25, 0.3) is 5.65 Å². The molecular formula is C20H23N5O. The summed E-state index contributed by atoms with van der Waals surface area (Å²) in [4.78, 5) is 26.1. The summed E-state index contributed by atoms with van der Waals surface area (Å²) in [7, 11) is 0. The number of hydrogen-bond donors (Lipinski definition) is 0. The molecule has 0 aromatic carbocycles. The Bertz CT molecular complexity index is 916. The minimum Gasteiger partial charge on any atom is -0.300 e. The van der Waals surface area contributed by atoms with E-state index in [1.54, 1.807) is 16.7 Å². The third-order valence-electron chi connectivity index (χ3n) is 4.88. The van der Waals surface area contributed by atoms with E-state index >= 15 is 0 Å². The Balaban J connectivity index is 1.32. The fourth-order valence-corrected chi connectivity index (χ4v) is 3.40. The third kappa shape index (κ3) is 3.98. The monoisotopic (exact) mass is 349 g/mol. The molecule has 6 nitrogen and oxygen atoms in total. The van der Waals surface area contributed by atoms with Gasteiger partial charge in [-0.25, -0.2) is 4.98 Å². The first-order valence-electron chi connectivity index (χ1n) is 9.10. The highest BCUT2D eigenvalue weighted by Gasteiger charge is 2.17. The second-order valence-corrected chi connectivity index (χ2v) is 6.70. The van der Waals surface area contributed by atoms with Crippen molar-refractivity contribution in [2.24, 2.45) is 0 Å². The van der Waals surface area contributed by atoms with Crippen molar-refractivity contribution in [1.82, 2.24) is 24.2 Å². The van der Waals surface area contributed by atoms with Crippen molar-refractivity contribution in [2.75, 3.05) is 32.7 Å². The van der Waals surface area contributed by atoms with Crippen LogP contribution in [0.1, 0.15) is 11.4 Å². The second kappa shape index (κ2) is 7.76. The van der Waals surface area contributed by atoms with Gasteiger partial charge in [0.15, 0.2) is 0 Å². The molecule has 1 aliphatic rings. The fourth-order valence-electron chi connectivity index (χ4n) is 3.40. The van der Waals surface area contributed by atoms with Gasteiger partial charge in [0.2, 0.25) is 0 Å². The van der Waals surface area contributed by atoms with Crippen molar-refractivity contribution in [3.8, 4) is 0 Å². The molecule has 1 fully saturated rings. The van der Waals surface area contributed by atoms with E-state index in [-0.39, 0.29) is 5.56 Å². The first kappa shape index (κ1) is 16.9. The van der Waals surface area contributed by atoms with Crippen LogP contribution in [0.4, 0.5) is 0 Å². The van der Waals surface area contributed by atoms with E-state index in [0.29, 0.717) is 5.65 Å². The first-order chi connectivity index (χ1) is 12.8. The second-order valence-electron chi connectivity index (χ2n) is 6.70. The third-order valence-corrected chi connectivity index (χ3v) is 4.88. The molecule has 0 atom stereocenters. The van der Waals surface area contributed by atoms with E-state index in [4.69, 9.17) is 0 Å². The number of aromatic nitrogens is 3. The van der Waals surface area contributed by atoms with Crippen molar-refractivity contribution in [1.29, 1.82) is 0 Å². The molecule has 0 radical (unpaired) electrons. The zero-order valence-electron chi connectivity index (χ0n) is 14.8. The first-order valence-corrected chi connectivity index (χ1v) is 9.10. The molecule has 4 heterocycles. The minimum atomic E-state index is -0.0143. The van der Waals surface area contributed by atoms with E-state index in [1.807, 2.05) is 36.5 Å². The molecule has 4 rings (SSSR count). The largest absolute Gasteiger partial charge is 0.300 e. The summed E-state index contributed by atoms with van der Waals surface area (Å²) >= 11 is 0. The number of pyridine rings is 2. The van der Waals surface area contributed by atoms with Crippen LogP contribution in [0.5, 0.6) is 0 Å². The van der Waals surface area contributed by atoms with Crippen LogP contribution in [0, 0.1) is 0 Å². The van der Waals surface area contributed by atoms with Crippen molar-refractivity contribution < 1.29 is 0 Å². The average Bonchev–Trinajstić information content (AvgIpc) is 2.68. The predicted octanol–water partition coefficient (Wildman–Crippen LogP) is 1.45. The van der Waals surface area contributed by atoms with Gasteiger partial charge in [0, 0.05) is 69.8 Å². The lowest BCUT2D eigenvalue weighted by Crippen LogP contribution is -2.46. The van der Waals surface area contributed by atoms with Gasteiger partial charge < -0.3 is 4.90 Å². The number of nitrogens with zero attached hydrogens (tertiary/aromatic N) is 5. The molecule has 0 N–H and O–H groups in total. The fraction of sp³-hybridized carbons (Fsp3) is 0.350. The number of rotatable bonds is 5. The van der Waals surface area contributed by atoms with Crippen LogP contribution in [0.3, 0.4) is 0 Å². The van der Waals surface area contributed by atoms with E-state index in [0.717, 1.165) is 57.1 Å². The Morgan fingerprint density at radius 3 is 2.54 bits per heavy atom. The van der Waals surface area contributed by atoms with E-state index < -0.39 is 0 Å². The maximum Gasteiger partial charge on any atom is 0.258 e. The SMILES string of the molecule is O=c1cc(CN2CCN(CCc3ccccn3)CC2)nc2ccccn12. The highest BCUT2D eigenvalue weighted by Crippen LogP contribution is 2.08. The summed E-state index contributed by atoms with van der Waals surface area (Å²) in [6.45, 7) is 5.85. The van der Waals surface area contributed by atoms with Gasteiger partial charge in [-0.3, -0.25) is 19.1 Å². The van der Waals surface area contributed by atoms with Gasteiger partial charge in [-0.15, -0.1) is 0 Å². The van der Waals surface area contributed by atoms with Gasteiger partial charge in [0.05, 0.1) is 5.69 Å². The van der Waals surface area contributed by atoms with E-state index in [9.17, 15) is 4.79 Å². The van der Waals surface area contributed by atoms with Gasteiger partial charge in [-0.05, 0) is 24.3 Å². The quantitative estimate of drug-likeness (QED) is 0.698. The smallest absolute Gasteiger partial charge is 0.258 e. The number of fused-ring (bicyclic) bond motifs is 1. The number of hydrogen-bond acceptors (Lipinski definition) is 5. The molecular weight excluding hydrogens is 326 g/mol. The lowest BCUT2D eigenvalue weighted by Gasteiger charge is -2.34. The topological polar surface area (TPSA) is 53.7 Å². The Morgan fingerprint density at radius 1 is 0.923 bits per heavy atom. The number of piperazine rings is 1. The van der Waals surface area contributed by atoms with Gasteiger partial charge in [-0.2, -0.15) is 0 Å². The van der Waals surface area contributed by atoms with Gasteiger partial charge in [0.25, 0.3) is 5.56 Å². The molecule has 3 aromatic heterocycles. The maximum absolute atomic E-state index is 12.2.